The molecular formula is C27H30N4O6S. The molecule has 1 aromatic carbocycles. The fourth-order valence-electron chi connectivity index (χ4n) is 5.80. The van der Waals surface area contributed by atoms with Crippen LogP contribution in [0.3, 0.4) is 0 Å². The summed E-state index contributed by atoms with van der Waals surface area (Å²) in [6.45, 7) is 4.51. The number of urea groups is 1. The molecule has 6 rings (SSSR count). The number of amides is 5. The molecule has 3 heterocycles. The minimum Gasteiger partial charge on any atom is -0.490 e. The largest absolute Gasteiger partial charge is 0.490 e. The van der Waals surface area contributed by atoms with Crippen LogP contribution in [-0.2, 0) is 32.9 Å². The molecule has 11 heteroatoms. The van der Waals surface area contributed by atoms with Gasteiger partial charge in [-0.1, -0.05) is 6.07 Å². The van der Waals surface area contributed by atoms with Crippen LogP contribution in [0.4, 0.5) is 15.3 Å². The van der Waals surface area contributed by atoms with Gasteiger partial charge in [-0.25, -0.2) is 14.5 Å². The molecule has 200 valence electrons. The summed E-state index contributed by atoms with van der Waals surface area (Å²) in [4.78, 5) is 56.9. The third-order valence-electron chi connectivity index (χ3n) is 8.14. The van der Waals surface area contributed by atoms with Crippen molar-refractivity contribution >= 4 is 41.0 Å². The Bertz CT molecular complexity index is 1370. The fourth-order valence-corrected chi connectivity index (χ4v) is 6.92. The number of aryl methyl sites for hydroxylation is 2. The van der Waals surface area contributed by atoms with Gasteiger partial charge in [0.15, 0.2) is 0 Å². The van der Waals surface area contributed by atoms with Crippen LogP contribution in [-0.4, -0.2) is 60.0 Å². The number of thiophene rings is 1. The van der Waals surface area contributed by atoms with Crippen molar-refractivity contribution in [3.05, 3.63) is 44.6 Å². The van der Waals surface area contributed by atoms with E-state index in [1.54, 1.807) is 34.4 Å². The van der Waals surface area contributed by atoms with E-state index in [9.17, 15) is 19.2 Å². The molecule has 10 nitrogen and oxygen atoms in total. The van der Waals surface area contributed by atoms with Gasteiger partial charge >= 0.3 is 12.1 Å². The lowest BCUT2D eigenvalue weighted by molar-refractivity contribution is -0.143. The first-order valence-corrected chi connectivity index (χ1v) is 13.7. The second-order valence-corrected chi connectivity index (χ2v) is 11.7. The average molecular weight is 539 g/mol. The Morgan fingerprint density at radius 1 is 1.21 bits per heavy atom. The van der Waals surface area contributed by atoms with Crippen LogP contribution in [0.1, 0.15) is 45.7 Å². The van der Waals surface area contributed by atoms with Crippen molar-refractivity contribution in [1.82, 2.24) is 15.1 Å². The molecule has 1 spiro atoms. The van der Waals surface area contributed by atoms with Crippen LogP contribution in [0.5, 0.6) is 5.75 Å². The zero-order valence-electron chi connectivity index (χ0n) is 21.6. The molecule has 0 radical (unpaired) electrons. The van der Waals surface area contributed by atoms with E-state index < -0.39 is 17.6 Å². The maximum Gasteiger partial charge on any atom is 0.418 e. The number of carbonyl (C=O) groups is 4. The quantitative estimate of drug-likeness (QED) is 0.616. The van der Waals surface area contributed by atoms with Gasteiger partial charge in [0, 0.05) is 35.2 Å². The summed E-state index contributed by atoms with van der Waals surface area (Å²) in [5.74, 6) is 0.421. The van der Waals surface area contributed by atoms with Gasteiger partial charge in [0.1, 0.15) is 18.9 Å². The third-order valence-corrected chi connectivity index (χ3v) is 9.31. The Balaban J connectivity index is 1.23. The van der Waals surface area contributed by atoms with Crippen LogP contribution >= 0.6 is 11.3 Å². The number of ether oxygens (including phenoxy) is 2. The van der Waals surface area contributed by atoms with E-state index in [-0.39, 0.29) is 24.5 Å². The van der Waals surface area contributed by atoms with Crippen molar-refractivity contribution in [3.63, 3.8) is 0 Å². The number of nitrogens with zero attached hydrogens (tertiary/aromatic N) is 2. The Morgan fingerprint density at radius 3 is 2.74 bits per heavy atom. The fraction of sp³-hybridized carbons (Fsp3) is 0.481. The molecule has 4 aliphatic rings. The topological polar surface area (TPSA) is 117 Å². The summed E-state index contributed by atoms with van der Waals surface area (Å²) >= 11 is 1.62. The number of nitrogens with one attached hydrogen (secondary N) is 2. The van der Waals surface area contributed by atoms with Crippen molar-refractivity contribution in [2.75, 3.05) is 25.5 Å². The first kappa shape index (κ1) is 24.7. The molecule has 1 aromatic heterocycles. The molecule has 5 amide bonds. The van der Waals surface area contributed by atoms with Gasteiger partial charge in [-0.3, -0.25) is 9.59 Å². The number of hydrogen-bond donors (Lipinski definition) is 2. The van der Waals surface area contributed by atoms with Crippen LogP contribution in [0.2, 0.25) is 0 Å². The van der Waals surface area contributed by atoms with E-state index in [1.165, 1.54) is 7.05 Å². The first-order chi connectivity index (χ1) is 18.2. The minimum atomic E-state index is -1.44. The number of rotatable bonds is 4. The lowest BCUT2D eigenvalue weighted by Crippen LogP contribution is -2.49. The summed E-state index contributed by atoms with van der Waals surface area (Å²) < 4.78 is 11.9. The van der Waals surface area contributed by atoms with E-state index >= 15 is 0 Å². The zero-order valence-corrected chi connectivity index (χ0v) is 22.4. The Morgan fingerprint density at radius 2 is 2.00 bits per heavy atom. The molecule has 1 saturated carbocycles. The summed E-state index contributed by atoms with van der Waals surface area (Å²) in [6.07, 6.45) is 2.06. The maximum absolute atomic E-state index is 13.7. The van der Waals surface area contributed by atoms with Crippen LogP contribution in [0.25, 0.3) is 0 Å². The minimum absolute atomic E-state index is 0.0945. The SMILES string of the molecule is CNC(=O)Nc1ccc2c(c1)CC[C@@]21OC(=O)N(CC(=O)N2Cc3sc(C)c(C)c3OC[C@H]2C2CC2)C1=O. The van der Waals surface area contributed by atoms with Crippen molar-refractivity contribution in [2.24, 2.45) is 5.92 Å². The van der Waals surface area contributed by atoms with E-state index in [1.807, 2.05) is 13.8 Å². The van der Waals surface area contributed by atoms with Crippen molar-refractivity contribution < 1.29 is 28.7 Å². The number of anilines is 1. The predicted octanol–water partition coefficient (Wildman–Crippen LogP) is 3.44. The molecular weight excluding hydrogens is 508 g/mol. The Labute approximate surface area is 224 Å². The van der Waals surface area contributed by atoms with E-state index in [4.69, 9.17) is 9.47 Å². The number of fused-ring (bicyclic) bond motifs is 3. The zero-order chi connectivity index (χ0) is 26.8. The smallest absolute Gasteiger partial charge is 0.418 e. The maximum atomic E-state index is 13.7. The van der Waals surface area contributed by atoms with Gasteiger partial charge in [0.25, 0.3) is 5.91 Å². The molecule has 2 fully saturated rings. The average Bonchev–Trinajstić information content (AvgIpc) is 3.61. The van der Waals surface area contributed by atoms with Gasteiger partial charge in [-0.2, -0.15) is 0 Å². The highest BCUT2D eigenvalue weighted by atomic mass is 32.1. The summed E-state index contributed by atoms with van der Waals surface area (Å²) in [7, 11) is 1.52. The van der Waals surface area contributed by atoms with Crippen molar-refractivity contribution in [2.45, 2.75) is 57.7 Å². The Hall–Kier alpha value is -3.60. The molecule has 0 bridgehead atoms. The molecule has 2 atom stereocenters. The molecule has 1 saturated heterocycles. The number of hydrogen-bond acceptors (Lipinski definition) is 7. The standard InChI is InChI=1S/C27H30N4O6S/c1-14-15(2)38-21-11-30(20(16-4-5-16)13-36-23(14)21)22(32)12-31-24(33)27(37-26(31)35)9-8-17-10-18(6-7-19(17)27)29-25(34)28-3/h6-7,10,16,20H,4-5,8-9,11-13H2,1-3H3,(H2,28,29,34)/t20-,27+/m0/s1. The second-order valence-electron chi connectivity index (χ2n) is 10.4. The van der Waals surface area contributed by atoms with Gasteiger partial charge in [0.05, 0.1) is 17.5 Å². The van der Waals surface area contributed by atoms with Gasteiger partial charge in [-0.05, 0) is 56.7 Å². The highest BCUT2D eigenvalue weighted by Crippen LogP contribution is 2.47. The molecule has 2 N–H and O–H groups in total. The molecule has 0 unspecified atom stereocenters. The van der Waals surface area contributed by atoms with Gasteiger partial charge in [0.2, 0.25) is 11.5 Å². The molecule has 2 aliphatic carbocycles. The van der Waals surface area contributed by atoms with Crippen LogP contribution in [0.15, 0.2) is 18.2 Å². The molecule has 2 aliphatic heterocycles. The van der Waals surface area contributed by atoms with Crippen LogP contribution in [0, 0.1) is 19.8 Å². The van der Waals surface area contributed by atoms with E-state index in [2.05, 4.69) is 10.6 Å². The number of imide groups is 1. The number of benzene rings is 1. The predicted molar refractivity (Wildman–Crippen MR) is 139 cm³/mol. The lowest BCUT2D eigenvalue weighted by atomic mass is 9.94. The van der Waals surface area contributed by atoms with Crippen LogP contribution < -0.4 is 15.4 Å². The number of carbonyl (C=O) groups excluding carboxylic acids is 4. The molecule has 38 heavy (non-hydrogen) atoms. The lowest BCUT2D eigenvalue weighted by Gasteiger charge is -2.30. The first-order valence-electron chi connectivity index (χ1n) is 12.9. The highest BCUT2D eigenvalue weighted by molar-refractivity contribution is 7.12. The van der Waals surface area contributed by atoms with E-state index in [0.717, 1.165) is 44.4 Å². The second kappa shape index (κ2) is 9.00. The van der Waals surface area contributed by atoms with Gasteiger partial charge < -0.3 is 25.0 Å². The highest BCUT2D eigenvalue weighted by Gasteiger charge is 2.58. The summed E-state index contributed by atoms with van der Waals surface area (Å²) in [6, 6.07) is 4.73. The monoisotopic (exact) mass is 538 g/mol. The summed E-state index contributed by atoms with van der Waals surface area (Å²) in [5, 5.41) is 5.21. The molecule has 2 aromatic rings. The normalized spacial score (nSPS) is 24.0. The van der Waals surface area contributed by atoms with Crippen molar-refractivity contribution in [1.29, 1.82) is 0 Å². The van der Waals surface area contributed by atoms with Gasteiger partial charge in [-0.15, -0.1) is 11.3 Å². The van der Waals surface area contributed by atoms with Crippen molar-refractivity contribution in [3.8, 4) is 5.75 Å². The third kappa shape index (κ3) is 3.91. The summed E-state index contributed by atoms with van der Waals surface area (Å²) in [5.41, 5.74) is 1.66. The van der Waals surface area contributed by atoms with E-state index in [0.29, 0.717) is 43.2 Å². The Kier molecular flexibility index (Phi) is 5.86.